The van der Waals surface area contributed by atoms with Crippen molar-refractivity contribution in [1.82, 2.24) is 15.4 Å². The van der Waals surface area contributed by atoms with Crippen molar-refractivity contribution >= 4 is 28.6 Å². The molecule has 3 aromatic rings. The lowest BCUT2D eigenvalue weighted by Gasteiger charge is -2.26. The number of carboxylic acids is 1. The third-order valence-corrected chi connectivity index (χ3v) is 4.49. The molecule has 0 aliphatic rings. The van der Waals surface area contributed by atoms with Crippen LogP contribution in [0, 0.1) is 0 Å². The number of benzene rings is 2. The molecule has 1 aromatic heterocycles. The first-order chi connectivity index (χ1) is 14.7. The molecule has 31 heavy (non-hydrogen) atoms. The van der Waals surface area contributed by atoms with Gasteiger partial charge in [-0.1, -0.05) is 18.2 Å². The molecule has 0 aliphatic heterocycles. The van der Waals surface area contributed by atoms with Crippen LogP contribution in [0.15, 0.2) is 60.9 Å². The lowest BCUT2D eigenvalue weighted by Crippen LogP contribution is -2.43. The molecule has 0 unspecified atom stereocenters. The van der Waals surface area contributed by atoms with E-state index >= 15 is 0 Å². The summed E-state index contributed by atoms with van der Waals surface area (Å²) in [6, 6.07) is 11.8. The molecule has 9 heteroatoms. The molecular weight excluding hydrogens is 422 g/mol. The maximum atomic E-state index is 11.7. The lowest BCUT2D eigenvalue weighted by molar-refractivity contribution is -0.155. The lowest BCUT2D eigenvalue weighted by atomic mass is 10.0. The molecule has 2 N–H and O–H groups in total. The molecule has 2 aromatic carbocycles. The minimum Gasteiger partial charge on any atom is -0.478 e. The zero-order valence-corrected chi connectivity index (χ0v) is 17.8. The summed E-state index contributed by atoms with van der Waals surface area (Å²) in [5.41, 5.74) is 3.06. The first-order valence-electron chi connectivity index (χ1n) is 9.41. The van der Waals surface area contributed by atoms with Crippen LogP contribution in [0.5, 0.6) is 17.4 Å². The zero-order valence-electron chi connectivity index (χ0n) is 17.1. The van der Waals surface area contributed by atoms with E-state index in [0.717, 1.165) is 0 Å². The number of allylic oxidation sites excluding steroid dienone is 1. The third-order valence-electron chi connectivity index (χ3n) is 4.25. The number of aromatic nitrogens is 2. The Morgan fingerprint density at radius 3 is 2.58 bits per heavy atom. The van der Waals surface area contributed by atoms with Crippen molar-refractivity contribution in [3.05, 3.63) is 66.0 Å². The van der Waals surface area contributed by atoms with Gasteiger partial charge in [-0.05, 0) is 56.3 Å². The molecule has 3 rings (SSSR count). The number of carboxylic acid groups (broad SMARTS) is 1. The summed E-state index contributed by atoms with van der Waals surface area (Å²) in [6.45, 7) is 6.99. The molecule has 0 spiro atoms. The summed E-state index contributed by atoms with van der Waals surface area (Å²) in [5.74, 6) is 0.102. The molecule has 1 atom stereocenters. The van der Waals surface area contributed by atoms with Gasteiger partial charge in [-0.3, -0.25) is 10.3 Å². The van der Waals surface area contributed by atoms with Gasteiger partial charge in [-0.25, -0.2) is 14.8 Å². The average Bonchev–Trinajstić information content (AvgIpc) is 2.72. The number of ether oxygens (including phenoxy) is 2. The number of hydroxylamine groups is 1. The normalized spacial score (nSPS) is 12.7. The number of nitrogens with zero attached hydrogens (tertiary/aromatic N) is 2. The highest BCUT2D eigenvalue weighted by Crippen LogP contribution is 2.27. The Kier molecular flexibility index (Phi) is 6.94. The number of rotatable bonds is 10. The Balaban J connectivity index is 1.65. The molecule has 0 amide bonds. The van der Waals surface area contributed by atoms with Crippen LogP contribution in [0.3, 0.4) is 0 Å². The van der Waals surface area contributed by atoms with Crippen molar-refractivity contribution in [2.75, 3.05) is 6.61 Å². The van der Waals surface area contributed by atoms with Gasteiger partial charge in [0.2, 0.25) is 11.5 Å². The number of nitrogens with one attached hydrogen (secondary N) is 1. The third kappa shape index (κ3) is 6.07. The second-order valence-corrected chi connectivity index (χ2v) is 7.47. The van der Waals surface area contributed by atoms with E-state index in [9.17, 15) is 9.90 Å². The Morgan fingerprint density at radius 1 is 1.19 bits per heavy atom. The summed E-state index contributed by atoms with van der Waals surface area (Å²) in [4.78, 5) is 25.6. The highest BCUT2D eigenvalue weighted by Gasteiger charge is 2.35. The van der Waals surface area contributed by atoms with Crippen LogP contribution in [0.1, 0.15) is 20.3 Å². The van der Waals surface area contributed by atoms with Gasteiger partial charge in [0.15, 0.2) is 0 Å². The van der Waals surface area contributed by atoms with Gasteiger partial charge in [-0.2, -0.15) is 0 Å². The molecule has 8 nitrogen and oxygen atoms in total. The van der Waals surface area contributed by atoms with Gasteiger partial charge in [0.1, 0.15) is 11.5 Å². The number of fused-ring (bicyclic) bond motifs is 1. The van der Waals surface area contributed by atoms with E-state index in [1.165, 1.54) is 13.1 Å². The standard InChI is InChI=1S/C22H22ClN3O5/c1-14(2)26-29-11-10-22(3,21(27)28)31-17-7-5-16(6-8-17)30-20-13-24-19-12-15(23)4-9-18(19)25-20/h4-9,12-13,26H,1,10-11H2,2-3H3,(H,27,28)/t22-/m1/s1. The van der Waals surface area contributed by atoms with E-state index in [4.69, 9.17) is 25.9 Å². The SMILES string of the molecule is C=C(C)NOCC[C@@](C)(Oc1ccc(Oc2cnc3cc(Cl)ccc3n2)cc1)C(=O)O. The van der Waals surface area contributed by atoms with Crippen LogP contribution >= 0.6 is 11.6 Å². The van der Waals surface area contributed by atoms with Crippen LogP contribution in [-0.4, -0.2) is 33.3 Å². The number of hydrogen-bond donors (Lipinski definition) is 2. The largest absolute Gasteiger partial charge is 0.478 e. The summed E-state index contributed by atoms with van der Waals surface area (Å²) >= 11 is 5.96. The van der Waals surface area contributed by atoms with Gasteiger partial charge in [0, 0.05) is 17.1 Å². The molecule has 0 aliphatic carbocycles. The van der Waals surface area contributed by atoms with E-state index in [-0.39, 0.29) is 13.0 Å². The number of aliphatic carboxylic acids is 1. The Bertz CT molecular complexity index is 1090. The monoisotopic (exact) mass is 443 g/mol. The second kappa shape index (κ2) is 9.63. The summed E-state index contributed by atoms with van der Waals surface area (Å²) in [5, 5.41) is 10.2. The van der Waals surface area contributed by atoms with E-state index < -0.39 is 11.6 Å². The number of halogens is 1. The van der Waals surface area contributed by atoms with Crippen molar-refractivity contribution in [2.45, 2.75) is 25.9 Å². The summed E-state index contributed by atoms with van der Waals surface area (Å²) in [6.07, 6.45) is 1.63. The number of carbonyl (C=O) groups is 1. The van der Waals surface area contributed by atoms with E-state index in [2.05, 4.69) is 22.0 Å². The average molecular weight is 444 g/mol. The van der Waals surface area contributed by atoms with Crippen molar-refractivity contribution in [2.24, 2.45) is 0 Å². The van der Waals surface area contributed by atoms with Gasteiger partial charge in [0.05, 0.1) is 23.8 Å². The molecule has 0 saturated heterocycles. The van der Waals surface area contributed by atoms with Crippen LogP contribution in [0.4, 0.5) is 0 Å². The second-order valence-electron chi connectivity index (χ2n) is 7.03. The van der Waals surface area contributed by atoms with Crippen molar-refractivity contribution in [1.29, 1.82) is 0 Å². The predicted molar refractivity (Wildman–Crippen MR) is 116 cm³/mol. The van der Waals surface area contributed by atoms with Gasteiger partial charge < -0.3 is 14.6 Å². The first kappa shape index (κ1) is 22.3. The quantitative estimate of drug-likeness (QED) is 0.342. The van der Waals surface area contributed by atoms with E-state index in [0.29, 0.717) is 39.1 Å². The van der Waals surface area contributed by atoms with Crippen molar-refractivity contribution < 1.29 is 24.2 Å². The van der Waals surface area contributed by atoms with Crippen molar-refractivity contribution in [3.63, 3.8) is 0 Å². The maximum Gasteiger partial charge on any atom is 0.347 e. The molecule has 0 saturated carbocycles. The Labute approximate surface area is 184 Å². The van der Waals surface area contributed by atoms with E-state index in [1.54, 1.807) is 49.4 Å². The van der Waals surface area contributed by atoms with Crippen LogP contribution < -0.4 is 15.0 Å². The van der Waals surface area contributed by atoms with Crippen LogP contribution in [-0.2, 0) is 9.63 Å². The molecule has 0 fully saturated rings. The van der Waals surface area contributed by atoms with Gasteiger partial charge >= 0.3 is 5.97 Å². The minimum atomic E-state index is -1.47. The fourth-order valence-electron chi connectivity index (χ4n) is 2.59. The predicted octanol–water partition coefficient (Wildman–Crippen LogP) is 4.74. The fourth-order valence-corrected chi connectivity index (χ4v) is 2.76. The van der Waals surface area contributed by atoms with Crippen LogP contribution in [0.2, 0.25) is 5.02 Å². The highest BCUT2D eigenvalue weighted by atomic mass is 35.5. The molecule has 1 heterocycles. The number of hydrogen-bond acceptors (Lipinski definition) is 7. The zero-order chi connectivity index (χ0) is 22.4. The molecule has 0 bridgehead atoms. The van der Waals surface area contributed by atoms with Crippen molar-refractivity contribution in [3.8, 4) is 17.4 Å². The summed E-state index contributed by atoms with van der Waals surface area (Å²) in [7, 11) is 0. The van der Waals surface area contributed by atoms with Crippen LogP contribution in [0.25, 0.3) is 11.0 Å². The topological polar surface area (TPSA) is 103 Å². The van der Waals surface area contributed by atoms with E-state index in [1.807, 2.05) is 0 Å². The minimum absolute atomic E-state index is 0.123. The summed E-state index contributed by atoms with van der Waals surface area (Å²) < 4.78 is 11.5. The molecule has 0 radical (unpaired) electrons. The Hall–Kier alpha value is -3.36. The fraction of sp³-hybridized carbons (Fsp3) is 0.227. The first-order valence-corrected chi connectivity index (χ1v) is 9.79. The molecular formula is C22H22ClN3O5. The van der Waals surface area contributed by atoms with Gasteiger partial charge in [0.25, 0.3) is 0 Å². The highest BCUT2D eigenvalue weighted by molar-refractivity contribution is 6.31. The maximum absolute atomic E-state index is 11.7. The molecule has 162 valence electrons. The Morgan fingerprint density at radius 2 is 1.90 bits per heavy atom. The smallest absolute Gasteiger partial charge is 0.347 e. The van der Waals surface area contributed by atoms with Gasteiger partial charge in [-0.15, -0.1) is 0 Å².